The molecule has 1 aromatic rings. The molecule has 0 radical (unpaired) electrons. The van der Waals surface area contributed by atoms with Crippen molar-refractivity contribution in [2.45, 2.75) is 39.2 Å². The number of hydrogen-bond acceptors (Lipinski definition) is 6. The van der Waals surface area contributed by atoms with Crippen molar-refractivity contribution < 1.29 is 33.0 Å². The molecule has 0 spiro atoms. The summed E-state index contributed by atoms with van der Waals surface area (Å²) < 4.78 is 22.8. The van der Waals surface area contributed by atoms with E-state index >= 15 is 0 Å². The predicted molar refractivity (Wildman–Crippen MR) is 107 cm³/mol. The molecule has 0 atom stereocenters. The second-order valence-electron chi connectivity index (χ2n) is 7.50. The summed E-state index contributed by atoms with van der Waals surface area (Å²) in [5, 5.41) is 5.04. The number of rotatable bonds is 9. The molecule has 0 heterocycles. The van der Waals surface area contributed by atoms with Crippen LogP contribution in [0.5, 0.6) is 0 Å². The van der Waals surface area contributed by atoms with Crippen LogP contribution in [0.15, 0.2) is 24.3 Å². The topological polar surface area (TPSA) is 114 Å². The second kappa shape index (κ2) is 11.7. The van der Waals surface area contributed by atoms with Crippen LogP contribution in [0, 0.1) is 5.82 Å². The third-order valence-electron chi connectivity index (χ3n) is 3.52. The molecule has 10 heteroatoms. The van der Waals surface area contributed by atoms with Gasteiger partial charge in [-0.15, -0.1) is 0 Å². The summed E-state index contributed by atoms with van der Waals surface area (Å²) >= 11 is 0. The van der Waals surface area contributed by atoms with E-state index in [0.29, 0.717) is 12.1 Å². The van der Waals surface area contributed by atoms with E-state index in [1.165, 1.54) is 31.3 Å². The third kappa shape index (κ3) is 11.0. The van der Waals surface area contributed by atoms with Gasteiger partial charge in [-0.1, -0.05) is 0 Å². The summed E-state index contributed by atoms with van der Waals surface area (Å²) in [6, 6.07) is 5.20. The molecule has 0 aliphatic rings. The van der Waals surface area contributed by atoms with E-state index in [-0.39, 0.29) is 19.5 Å². The van der Waals surface area contributed by atoms with Crippen molar-refractivity contribution in [3.8, 4) is 0 Å². The van der Waals surface area contributed by atoms with Crippen LogP contribution in [0.1, 0.15) is 33.6 Å². The number of ether oxygens (including phenoxy) is 2. The van der Waals surface area contributed by atoms with Gasteiger partial charge in [0, 0.05) is 25.7 Å². The molecule has 0 unspecified atom stereocenters. The van der Waals surface area contributed by atoms with Gasteiger partial charge in [0.25, 0.3) is 5.91 Å². The first-order valence-electron chi connectivity index (χ1n) is 9.38. The van der Waals surface area contributed by atoms with Crippen LogP contribution in [0.3, 0.4) is 0 Å². The molecule has 1 aromatic carbocycles. The lowest BCUT2D eigenvalue weighted by molar-refractivity contribution is -0.151. The zero-order valence-electron chi connectivity index (χ0n) is 17.6. The van der Waals surface area contributed by atoms with Crippen molar-refractivity contribution in [1.29, 1.82) is 0 Å². The standard InChI is InChI=1S/C20H28FN3O6/c1-20(2,3)30-19(28)22-11-5-6-18(27)29-13-17(26)24(4)12-16(25)23-15-9-7-14(21)8-10-15/h7-10H,5-6,11-13H2,1-4H3,(H,22,28)(H,23,25). The fourth-order valence-corrected chi connectivity index (χ4v) is 2.10. The van der Waals surface area contributed by atoms with Crippen molar-refractivity contribution in [1.82, 2.24) is 10.2 Å². The molecule has 3 amide bonds. The van der Waals surface area contributed by atoms with Gasteiger partial charge in [0.15, 0.2) is 6.61 Å². The van der Waals surface area contributed by atoms with Gasteiger partial charge < -0.3 is 25.0 Å². The monoisotopic (exact) mass is 425 g/mol. The van der Waals surface area contributed by atoms with E-state index in [1.54, 1.807) is 20.8 Å². The average Bonchev–Trinajstić information content (AvgIpc) is 2.63. The Bertz CT molecular complexity index is 746. The highest BCUT2D eigenvalue weighted by Crippen LogP contribution is 2.08. The Hall–Kier alpha value is -3.17. The highest BCUT2D eigenvalue weighted by atomic mass is 19.1. The maximum Gasteiger partial charge on any atom is 0.407 e. The number of anilines is 1. The largest absolute Gasteiger partial charge is 0.456 e. The van der Waals surface area contributed by atoms with Crippen LogP contribution in [0.4, 0.5) is 14.9 Å². The van der Waals surface area contributed by atoms with Gasteiger partial charge in [-0.3, -0.25) is 14.4 Å². The quantitative estimate of drug-likeness (QED) is 0.462. The first-order chi connectivity index (χ1) is 14.0. The fourth-order valence-electron chi connectivity index (χ4n) is 2.10. The molecule has 166 valence electrons. The number of nitrogens with zero attached hydrogens (tertiary/aromatic N) is 1. The summed E-state index contributed by atoms with van der Waals surface area (Å²) in [7, 11) is 1.39. The average molecular weight is 425 g/mol. The molecule has 0 saturated heterocycles. The minimum atomic E-state index is -0.606. The molecule has 0 fully saturated rings. The molecule has 0 saturated carbocycles. The van der Waals surface area contributed by atoms with Gasteiger partial charge in [0.05, 0.1) is 6.54 Å². The number of carbonyl (C=O) groups is 4. The third-order valence-corrected chi connectivity index (χ3v) is 3.52. The zero-order valence-corrected chi connectivity index (χ0v) is 17.6. The predicted octanol–water partition coefficient (Wildman–Crippen LogP) is 2.07. The number of carbonyl (C=O) groups excluding carboxylic acids is 4. The van der Waals surface area contributed by atoms with E-state index in [0.717, 1.165) is 4.90 Å². The number of amides is 3. The minimum Gasteiger partial charge on any atom is -0.456 e. The molecule has 30 heavy (non-hydrogen) atoms. The van der Waals surface area contributed by atoms with E-state index < -0.39 is 41.9 Å². The van der Waals surface area contributed by atoms with Gasteiger partial charge in [-0.05, 0) is 51.5 Å². The first-order valence-corrected chi connectivity index (χ1v) is 9.38. The summed E-state index contributed by atoms with van der Waals surface area (Å²) in [5.74, 6) is -2.05. The molecule has 0 aliphatic carbocycles. The number of hydrogen-bond donors (Lipinski definition) is 2. The number of likely N-dealkylation sites (N-methyl/N-ethyl adjacent to an activating group) is 1. The van der Waals surface area contributed by atoms with Gasteiger partial charge in [-0.2, -0.15) is 0 Å². The molecule has 9 nitrogen and oxygen atoms in total. The van der Waals surface area contributed by atoms with Crippen LogP contribution >= 0.6 is 0 Å². The van der Waals surface area contributed by atoms with Gasteiger partial charge >= 0.3 is 12.1 Å². The van der Waals surface area contributed by atoms with Crippen LogP contribution in [-0.4, -0.2) is 61.1 Å². The Balaban J connectivity index is 2.22. The molecular weight excluding hydrogens is 397 g/mol. The lowest BCUT2D eigenvalue weighted by Crippen LogP contribution is -2.37. The van der Waals surface area contributed by atoms with Gasteiger partial charge in [0.1, 0.15) is 11.4 Å². The lowest BCUT2D eigenvalue weighted by atomic mass is 10.2. The molecule has 0 bridgehead atoms. The second-order valence-corrected chi connectivity index (χ2v) is 7.50. The first kappa shape index (κ1) is 24.9. The van der Waals surface area contributed by atoms with Crippen LogP contribution in [0.25, 0.3) is 0 Å². The molecule has 0 aliphatic heterocycles. The van der Waals surface area contributed by atoms with Crippen molar-refractivity contribution in [2.24, 2.45) is 0 Å². The maximum atomic E-state index is 12.9. The van der Waals surface area contributed by atoms with Crippen molar-refractivity contribution in [3.05, 3.63) is 30.1 Å². The van der Waals surface area contributed by atoms with Crippen LogP contribution in [0.2, 0.25) is 0 Å². The smallest absolute Gasteiger partial charge is 0.407 e. The number of halogens is 1. The summed E-state index contributed by atoms with van der Waals surface area (Å²) in [4.78, 5) is 48.2. The Kier molecular flexibility index (Phi) is 9.73. The van der Waals surface area contributed by atoms with Gasteiger partial charge in [-0.25, -0.2) is 9.18 Å². The normalized spacial score (nSPS) is 10.7. The lowest BCUT2D eigenvalue weighted by Gasteiger charge is -2.19. The van der Waals surface area contributed by atoms with Crippen molar-refractivity contribution in [2.75, 3.05) is 32.1 Å². The summed E-state index contributed by atoms with van der Waals surface area (Å²) in [6.45, 7) is 4.69. The number of benzene rings is 1. The number of nitrogens with one attached hydrogen (secondary N) is 2. The van der Waals surface area contributed by atoms with E-state index in [1.807, 2.05) is 0 Å². The SMILES string of the molecule is CN(CC(=O)Nc1ccc(F)cc1)C(=O)COC(=O)CCCNC(=O)OC(C)(C)C. The highest BCUT2D eigenvalue weighted by molar-refractivity contribution is 5.94. The Morgan fingerprint density at radius 3 is 2.33 bits per heavy atom. The van der Waals surface area contributed by atoms with Crippen LogP contribution < -0.4 is 10.6 Å². The van der Waals surface area contributed by atoms with Crippen LogP contribution in [-0.2, 0) is 23.9 Å². The Labute approximate surface area is 174 Å². The molecule has 2 N–H and O–H groups in total. The van der Waals surface area contributed by atoms with E-state index in [2.05, 4.69) is 10.6 Å². The summed E-state index contributed by atoms with van der Waals surface area (Å²) in [6.07, 6.45) is -0.244. The summed E-state index contributed by atoms with van der Waals surface area (Å²) in [5.41, 5.74) is -0.209. The van der Waals surface area contributed by atoms with Gasteiger partial charge in [0.2, 0.25) is 5.91 Å². The minimum absolute atomic E-state index is 0.0118. The number of esters is 1. The molecule has 1 rings (SSSR count). The highest BCUT2D eigenvalue weighted by Gasteiger charge is 2.17. The Morgan fingerprint density at radius 1 is 1.10 bits per heavy atom. The van der Waals surface area contributed by atoms with Crippen molar-refractivity contribution in [3.63, 3.8) is 0 Å². The molecular formula is C20H28FN3O6. The fraction of sp³-hybridized carbons (Fsp3) is 0.500. The maximum absolute atomic E-state index is 12.9. The Morgan fingerprint density at radius 2 is 1.73 bits per heavy atom. The van der Waals surface area contributed by atoms with E-state index in [9.17, 15) is 23.6 Å². The zero-order chi connectivity index (χ0) is 22.7. The van der Waals surface area contributed by atoms with E-state index in [4.69, 9.17) is 9.47 Å². The molecule has 0 aromatic heterocycles. The van der Waals surface area contributed by atoms with Crippen molar-refractivity contribution >= 4 is 29.6 Å². The number of alkyl carbamates (subject to hydrolysis) is 1.